The Morgan fingerprint density at radius 3 is 1.96 bits per heavy atom. The van der Waals surface area contributed by atoms with Crippen molar-refractivity contribution >= 4 is 10.8 Å². The highest BCUT2D eigenvalue weighted by molar-refractivity contribution is 5.82. The molecule has 3 aromatic carbocycles. The zero-order valence-corrected chi connectivity index (χ0v) is 15.2. The lowest BCUT2D eigenvalue weighted by Crippen LogP contribution is -2.17. The van der Waals surface area contributed by atoms with E-state index in [4.69, 9.17) is 0 Å². The standard InChI is InChI=1S/C23H27N/c1-23(2,3)22-13-10-18(11-14-22)16-24(4)17-19-9-12-20-7-5-6-8-21(20)15-19/h5-15H,16-17H2,1-4H3. The third-order valence-corrected chi connectivity index (χ3v) is 4.54. The second-order valence-corrected chi connectivity index (χ2v) is 7.80. The van der Waals surface area contributed by atoms with Gasteiger partial charge in [0.1, 0.15) is 0 Å². The quantitative estimate of drug-likeness (QED) is 0.590. The summed E-state index contributed by atoms with van der Waals surface area (Å²) in [5.74, 6) is 0. The van der Waals surface area contributed by atoms with Crippen molar-refractivity contribution in [2.45, 2.75) is 39.3 Å². The zero-order valence-electron chi connectivity index (χ0n) is 15.2. The molecular formula is C23H27N. The number of fused-ring (bicyclic) bond motifs is 1. The van der Waals surface area contributed by atoms with E-state index in [1.165, 1.54) is 27.5 Å². The summed E-state index contributed by atoms with van der Waals surface area (Å²) in [6.45, 7) is 8.71. The molecule has 0 unspecified atom stereocenters. The number of nitrogens with zero attached hydrogens (tertiary/aromatic N) is 1. The molecule has 0 aliphatic rings. The molecule has 0 fully saturated rings. The van der Waals surface area contributed by atoms with Gasteiger partial charge in [-0.05, 0) is 46.0 Å². The van der Waals surface area contributed by atoms with Gasteiger partial charge in [-0.1, -0.05) is 81.4 Å². The molecule has 0 saturated heterocycles. The maximum Gasteiger partial charge on any atom is 0.0234 e. The van der Waals surface area contributed by atoms with Gasteiger partial charge in [-0.3, -0.25) is 4.90 Å². The van der Waals surface area contributed by atoms with Crippen molar-refractivity contribution in [1.29, 1.82) is 0 Å². The van der Waals surface area contributed by atoms with Gasteiger partial charge in [-0.2, -0.15) is 0 Å². The van der Waals surface area contributed by atoms with Gasteiger partial charge in [0.25, 0.3) is 0 Å². The van der Waals surface area contributed by atoms with E-state index in [1.807, 2.05) is 0 Å². The Balaban J connectivity index is 1.67. The third kappa shape index (κ3) is 4.04. The number of rotatable bonds is 4. The highest BCUT2D eigenvalue weighted by Gasteiger charge is 2.13. The van der Waals surface area contributed by atoms with Crippen LogP contribution in [-0.4, -0.2) is 11.9 Å². The summed E-state index contributed by atoms with van der Waals surface area (Å²) in [7, 11) is 2.19. The first-order valence-electron chi connectivity index (χ1n) is 8.67. The molecule has 1 heteroatoms. The van der Waals surface area contributed by atoms with Crippen LogP contribution >= 0.6 is 0 Å². The van der Waals surface area contributed by atoms with Crippen LogP contribution in [0.3, 0.4) is 0 Å². The summed E-state index contributed by atoms with van der Waals surface area (Å²) in [6.07, 6.45) is 0. The molecule has 3 aromatic rings. The lowest BCUT2D eigenvalue weighted by atomic mass is 9.87. The van der Waals surface area contributed by atoms with Gasteiger partial charge >= 0.3 is 0 Å². The van der Waals surface area contributed by atoms with E-state index in [0.717, 1.165) is 13.1 Å². The minimum Gasteiger partial charge on any atom is -0.298 e. The summed E-state index contributed by atoms with van der Waals surface area (Å²) in [4.78, 5) is 2.37. The first-order valence-corrected chi connectivity index (χ1v) is 8.67. The van der Waals surface area contributed by atoms with Crippen LogP contribution in [0.15, 0.2) is 66.7 Å². The summed E-state index contributed by atoms with van der Waals surface area (Å²) in [5, 5.41) is 2.62. The zero-order chi connectivity index (χ0) is 17.2. The fourth-order valence-corrected chi connectivity index (χ4v) is 3.13. The second kappa shape index (κ2) is 6.78. The van der Waals surface area contributed by atoms with E-state index < -0.39 is 0 Å². The van der Waals surface area contributed by atoms with E-state index in [1.54, 1.807) is 0 Å². The normalized spacial score (nSPS) is 12.0. The molecule has 0 aromatic heterocycles. The Hall–Kier alpha value is -2.12. The lowest BCUT2D eigenvalue weighted by molar-refractivity contribution is 0.319. The molecule has 0 bridgehead atoms. The molecule has 124 valence electrons. The smallest absolute Gasteiger partial charge is 0.0234 e. The molecule has 0 spiro atoms. The maximum absolute atomic E-state index is 2.37. The van der Waals surface area contributed by atoms with Crippen molar-refractivity contribution in [2.75, 3.05) is 7.05 Å². The molecule has 0 heterocycles. The predicted molar refractivity (Wildman–Crippen MR) is 104 cm³/mol. The Morgan fingerprint density at radius 2 is 1.29 bits per heavy atom. The summed E-state index contributed by atoms with van der Waals surface area (Å²) < 4.78 is 0. The summed E-state index contributed by atoms with van der Waals surface area (Å²) in [5.41, 5.74) is 4.34. The van der Waals surface area contributed by atoms with Gasteiger partial charge in [0.2, 0.25) is 0 Å². The van der Waals surface area contributed by atoms with Crippen LogP contribution in [0.4, 0.5) is 0 Å². The van der Waals surface area contributed by atoms with E-state index in [9.17, 15) is 0 Å². The molecule has 3 rings (SSSR count). The van der Waals surface area contributed by atoms with Crippen LogP contribution in [0, 0.1) is 0 Å². The van der Waals surface area contributed by atoms with Crippen LogP contribution < -0.4 is 0 Å². The molecule has 0 N–H and O–H groups in total. The van der Waals surface area contributed by atoms with Crippen molar-refractivity contribution < 1.29 is 0 Å². The monoisotopic (exact) mass is 317 g/mol. The largest absolute Gasteiger partial charge is 0.298 e. The SMILES string of the molecule is CN(Cc1ccc(C(C)(C)C)cc1)Cc1ccc2ccccc2c1. The predicted octanol–water partition coefficient (Wildman–Crippen LogP) is 5.77. The molecular weight excluding hydrogens is 290 g/mol. The van der Waals surface area contributed by atoms with Gasteiger partial charge in [0.15, 0.2) is 0 Å². The van der Waals surface area contributed by atoms with E-state index in [-0.39, 0.29) is 5.41 Å². The third-order valence-electron chi connectivity index (χ3n) is 4.54. The number of hydrogen-bond donors (Lipinski definition) is 0. The number of benzene rings is 3. The molecule has 0 aliphatic heterocycles. The first kappa shape index (κ1) is 16.7. The van der Waals surface area contributed by atoms with Crippen LogP contribution in [0.2, 0.25) is 0 Å². The summed E-state index contributed by atoms with van der Waals surface area (Å²) >= 11 is 0. The fraction of sp³-hybridized carbons (Fsp3) is 0.304. The molecule has 0 aliphatic carbocycles. The minimum absolute atomic E-state index is 0.218. The van der Waals surface area contributed by atoms with Gasteiger partial charge in [-0.25, -0.2) is 0 Å². The van der Waals surface area contributed by atoms with Gasteiger partial charge in [0, 0.05) is 13.1 Å². The van der Waals surface area contributed by atoms with Crippen LogP contribution in [0.1, 0.15) is 37.5 Å². The van der Waals surface area contributed by atoms with Crippen molar-refractivity contribution in [1.82, 2.24) is 4.90 Å². The van der Waals surface area contributed by atoms with E-state index in [2.05, 4.69) is 99.4 Å². The average molecular weight is 317 g/mol. The molecule has 0 radical (unpaired) electrons. The van der Waals surface area contributed by atoms with Gasteiger partial charge in [-0.15, -0.1) is 0 Å². The van der Waals surface area contributed by atoms with Crippen LogP contribution in [0.5, 0.6) is 0 Å². The molecule has 0 amide bonds. The highest BCUT2D eigenvalue weighted by atomic mass is 15.1. The maximum atomic E-state index is 2.37. The van der Waals surface area contributed by atoms with E-state index in [0.29, 0.717) is 0 Å². The van der Waals surface area contributed by atoms with Gasteiger partial charge < -0.3 is 0 Å². The average Bonchev–Trinajstić information content (AvgIpc) is 2.54. The topological polar surface area (TPSA) is 3.24 Å². The Labute approximate surface area is 145 Å². The van der Waals surface area contributed by atoms with Crippen LogP contribution in [0.25, 0.3) is 10.8 Å². The Morgan fingerprint density at radius 1 is 0.708 bits per heavy atom. The Bertz CT molecular complexity index is 809. The molecule has 0 saturated carbocycles. The number of hydrogen-bond acceptors (Lipinski definition) is 1. The van der Waals surface area contributed by atoms with E-state index >= 15 is 0 Å². The lowest BCUT2D eigenvalue weighted by Gasteiger charge is -2.21. The fourth-order valence-electron chi connectivity index (χ4n) is 3.13. The van der Waals surface area contributed by atoms with Crippen molar-refractivity contribution in [3.63, 3.8) is 0 Å². The minimum atomic E-state index is 0.218. The molecule has 0 atom stereocenters. The first-order chi connectivity index (χ1) is 11.4. The molecule has 24 heavy (non-hydrogen) atoms. The Kier molecular flexibility index (Phi) is 4.73. The highest BCUT2D eigenvalue weighted by Crippen LogP contribution is 2.23. The van der Waals surface area contributed by atoms with Crippen molar-refractivity contribution in [3.05, 3.63) is 83.4 Å². The van der Waals surface area contributed by atoms with Crippen molar-refractivity contribution in [3.8, 4) is 0 Å². The molecule has 1 nitrogen and oxygen atoms in total. The second-order valence-electron chi connectivity index (χ2n) is 7.80. The summed E-state index contributed by atoms with van der Waals surface area (Å²) in [6, 6.07) is 24.4. The van der Waals surface area contributed by atoms with Gasteiger partial charge in [0.05, 0.1) is 0 Å². The van der Waals surface area contributed by atoms with Crippen LogP contribution in [-0.2, 0) is 18.5 Å². The van der Waals surface area contributed by atoms with Crippen molar-refractivity contribution in [2.24, 2.45) is 0 Å².